The summed E-state index contributed by atoms with van der Waals surface area (Å²) in [5.74, 6) is -0.247. The first-order valence-electron chi connectivity index (χ1n) is 11.1. The van der Waals surface area contributed by atoms with Crippen LogP contribution in [0.4, 0.5) is 4.79 Å². The van der Waals surface area contributed by atoms with Gasteiger partial charge in [-0.1, -0.05) is 62.3 Å². The van der Waals surface area contributed by atoms with Crippen molar-refractivity contribution in [1.29, 1.82) is 0 Å². The molecule has 0 aliphatic carbocycles. The number of nitrogens with one attached hydrogen (secondary N) is 2. The highest BCUT2D eigenvalue weighted by molar-refractivity contribution is 6.09. The van der Waals surface area contributed by atoms with Crippen LogP contribution in [0.1, 0.15) is 58.8 Å². The number of nitrogens with zero attached hydrogens (tertiary/aromatic N) is 3. The Morgan fingerprint density at radius 1 is 1.09 bits per heavy atom. The summed E-state index contributed by atoms with van der Waals surface area (Å²) < 4.78 is 5.33. The third-order valence-corrected chi connectivity index (χ3v) is 5.98. The minimum Gasteiger partial charge on any atom is -0.342 e. The number of carbonyl (C=O) groups excluding carboxylic acids is 3. The lowest BCUT2D eigenvalue weighted by atomic mass is 9.90. The molecule has 1 unspecified atom stereocenters. The highest BCUT2D eigenvalue weighted by atomic mass is 16.5. The summed E-state index contributed by atoms with van der Waals surface area (Å²) in [6.45, 7) is 10.5. The summed E-state index contributed by atoms with van der Waals surface area (Å²) in [6, 6.07) is 12.7. The van der Waals surface area contributed by atoms with Crippen LogP contribution < -0.4 is 10.6 Å². The number of benzene rings is 2. The zero-order valence-electron chi connectivity index (χ0n) is 20.2. The van der Waals surface area contributed by atoms with Crippen molar-refractivity contribution in [2.75, 3.05) is 6.54 Å². The van der Waals surface area contributed by atoms with E-state index in [1.54, 1.807) is 20.8 Å². The first-order valence-corrected chi connectivity index (χ1v) is 11.1. The van der Waals surface area contributed by atoms with E-state index < -0.39 is 35.5 Å². The van der Waals surface area contributed by atoms with Crippen molar-refractivity contribution in [3.05, 3.63) is 59.7 Å². The van der Waals surface area contributed by atoms with Crippen LogP contribution in [0.15, 0.2) is 47.0 Å². The second-order valence-electron chi connectivity index (χ2n) is 10.4. The van der Waals surface area contributed by atoms with E-state index in [-0.39, 0.29) is 5.41 Å². The molecule has 0 spiro atoms. The highest BCUT2D eigenvalue weighted by Crippen LogP contribution is 2.31. The van der Waals surface area contributed by atoms with Crippen molar-refractivity contribution >= 4 is 28.6 Å². The van der Waals surface area contributed by atoms with Gasteiger partial charge >= 0.3 is 6.03 Å². The predicted octanol–water partition coefficient (Wildman–Crippen LogP) is 3.34. The van der Waals surface area contributed by atoms with Gasteiger partial charge in [-0.25, -0.2) is 4.79 Å². The summed E-state index contributed by atoms with van der Waals surface area (Å²) in [5.41, 5.74) is -1.93. The molecule has 3 aromatic rings. The van der Waals surface area contributed by atoms with Gasteiger partial charge in [-0.3, -0.25) is 14.5 Å². The number of hydrogen-bond acceptors (Lipinski definition) is 6. The number of aromatic nitrogens is 2. The molecule has 9 nitrogen and oxygen atoms in total. The first kappa shape index (κ1) is 23.4. The molecule has 4 amide bonds. The van der Waals surface area contributed by atoms with Crippen LogP contribution in [-0.2, 0) is 26.1 Å². The zero-order valence-corrected chi connectivity index (χ0v) is 20.2. The van der Waals surface area contributed by atoms with Crippen molar-refractivity contribution in [2.24, 2.45) is 0 Å². The van der Waals surface area contributed by atoms with Gasteiger partial charge in [0.15, 0.2) is 5.82 Å². The Balaban J connectivity index is 1.50. The molecule has 1 fully saturated rings. The number of hydrogen-bond donors (Lipinski definition) is 2. The van der Waals surface area contributed by atoms with Gasteiger partial charge in [0, 0.05) is 5.41 Å². The number of amides is 4. The molecule has 4 rings (SSSR count). The van der Waals surface area contributed by atoms with Gasteiger partial charge in [0.25, 0.3) is 5.91 Å². The number of carbonyl (C=O) groups is 3. The maximum absolute atomic E-state index is 13.3. The van der Waals surface area contributed by atoms with Gasteiger partial charge in [0.1, 0.15) is 12.1 Å². The van der Waals surface area contributed by atoms with Crippen LogP contribution >= 0.6 is 0 Å². The fourth-order valence-corrected chi connectivity index (χ4v) is 3.91. The molecule has 2 heterocycles. The van der Waals surface area contributed by atoms with E-state index in [4.69, 9.17) is 4.52 Å². The van der Waals surface area contributed by atoms with Crippen molar-refractivity contribution in [3.63, 3.8) is 0 Å². The second kappa shape index (κ2) is 7.93. The number of urea groups is 1. The minimum atomic E-state index is -1.27. The largest absolute Gasteiger partial charge is 0.342 e. The number of fused-ring (bicyclic) bond motifs is 1. The van der Waals surface area contributed by atoms with E-state index in [1.807, 2.05) is 63.2 Å². The van der Waals surface area contributed by atoms with Gasteiger partial charge in [-0.05, 0) is 43.2 Å². The Morgan fingerprint density at radius 2 is 1.76 bits per heavy atom. The topological polar surface area (TPSA) is 117 Å². The van der Waals surface area contributed by atoms with E-state index in [2.05, 4.69) is 20.8 Å². The van der Waals surface area contributed by atoms with E-state index in [9.17, 15) is 14.4 Å². The summed E-state index contributed by atoms with van der Waals surface area (Å²) in [6.07, 6.45) is 0. The quantitative estimate of drug-likeness (QED) is 0.561. The van der Waals surface area contributed by atoms with Gasteiger partial charge in [0.2, 0.25) is 11.8 Å². The molecule has 2 N–H and O–H groups in total. The van der Waals surface area contributed by atoms with E-state index >= 15 is 0 Å². The molecule has 1 aliphatic rings. The fourth-order valence-electron chi connectivity index (χ4n) is 3.91. The van der Waals surface area contributed by atoms with Crippen molar-refractivity contribution in [3.8, 4) is 0 Å². The maximum atomic E-state index is 13.3. The number of imide groups is 1. The minimum absolute atomic E-state index is 0.309. The van der Waals surface area contributed by atoms with Gasteiger partial charge < -0.3 is 15.2 Å². The summed E-state index contributed by atoms with van der Waals surface area (Å²) in [5, 5.41) is 11.5. The van der Waals surface area contributed by atoms with E-state index in [1.165, 1.54) is 0 Å². The maximum Gasteiger partial charge on any atom is 0.325 e. The lowest BCUT2D eigenvalue weighted by Gasteiger charge is -2.25. The third-order valence-electron chi connectivity index (χ3n) is 5.98. The molecule has 0 saturated carbocycles. The smallest absolute Gasteiger partial charge is 0.325 e. The highest BCUT2D eigenvalue weighted by Gasteiger charge is 2.49. The van der Waals surface area contributed by atoms with Crippen LogP contribution in [0.3, 0.4) is 0 Å². The summed E-state index contributed by atoms with van der Waals surface area (Å²) in [7, 11) is 0. The van der Waals surface area contributed by atoms with Crippen molar-refractivity contribution < 1.29 is 18.9 Å². The van der Waals surface area contributed by atoms with E-state index in [0.717, 1.165) is 15.7 Å². The van der Waals surface area contributed by atoms with E-state index in [0.29, 0.717) is 17.3 Å². The SMILES string of the molecule is CC(C)(C)c1nc(C(C)(C)NC(=O)CN2C(=O)NC(C)(c3ccc4ccccc4c3)C2=O)no1. The lowest BCUT2D eigenvalue weighted by molar-refractivity contribution is -0.135. The lowest BCUT2D eigenvalue weighted by Crippen LogP contribution is -2.48. The molecule has 1 saturated heterocycles. The third kappa shape index (κ3) is 4.13. The average Bonchev–Trinajstić information content (AvgIpc) is 3.35. The van der Waals surface area contributed by atoms with Crippen LogP contribution in [0, 0.1) is 0 Å². The monoisotopic (exact) mass is 463 g/mol. The standard InChI is InChI=1S/C25H29N5O4/c1-23(2,3)20-26-19(29-34-20)24(4,5)27-18(31)14-30-21(32)25(6,28-22(30)33)17-12-11-15-9-7-8-10-16(15)13-17/h7-13H,14H2,1-6H3,(H,27,31)(H,28,33). The molecule has 2 aromatic carbocycles. The molecular formula is C25H29N5O4. The van der Waals surface area contributed by atoms with Gasteiger partial charge in [0.05, 0.1) is 5.54 Å². The Labute approximate surface area is 197 Å². The molecular weight excluding hydrogens is 434 g/mol. The molecule has 0 radical (unpaired) electrons. The van der Waals surface area contributed by atoms with Gasteiger partial charge in [-0.2, -0.15) is 4.98 Å². The van der Waals surface area contributed by atoms with Crippen molar-refractivity contribution in [1.82, 2.24) is 25.7 Å². The first-order chi connectivity index (χ1) is 15.8. The van der Waals surface area contributed by atoms with Crippen LogP contribution in [-0.4, -0.2) is 39.4 Å². The van der Waals surface area contributed by atoms with Crippen molar-refractivity contribution in [2.45, 2.75) is 58.0 Å². The second-order valence-corrected chi connectivity index (χ2v) is 10.4. The van der Waals surface area contributed by atoms with Crippen LogP contribution in [0.2, 0.25) is 0 Å². The average molecular weight is 464 g/mol. The Kier molecular flexibility index (Phi) is 5.46. The molecule has 1 aromatic heterocycles. The summed E-state index contributed by atoms with van der Waals surface area (Å²) >= 11 is 0. The Hall–Kier alpha value is -3.75. The Bertz CT molecular complexity index is 1290. The molecule has 1 atom stereocenters. The molecule has 34 heavy (non-hydrogen) atoms. The van der Waals surface area contributed by atoms with Gasteiger partial charge in [-0.15, -0.1) is 0 Å². The van der Waals surface area contributed by atoms with Crippen LogP contribution in [0.25, 0.3) is 10.8 Å². The zero-order chi connectivity index (χ0) is 24.9. The molecule has 0 bridgehead atoms. The number of rotatable bonds is 5. The predicted molar refractivity (Wildman–Crippen MR) is 126 cm³/mol. The van der Waals surface area contributed by atoms with Crippen LogP contribution in [0.5, 0.6) is 0 Å². The molecule has 178 valence electrons. The molecule has 1 aliphatic heterocycles. The summed E-state index contributed by atoms with van der Waals surface area (Å²) in [4.78, 5) is 44.1. The molecule has 9 heteroatoms. The normalized spacial score (nSPS) is 18.9. The Morgan fingerprint density at radius 3 is 2.41 bits per heavy atom. The fraction of sp³-hybridized carbons (Fsp3) is 0.400.